The Bertz CT molecular complexity index is 1860. The smallest absolute Gasteiger partial charge is 0.411 e. The van der Waals surface area contributed by atoms with E-state index >= 15 is 0 Å². The van der Waals surface area contributed by atoms with Gasteiger partial charge in [0.25, 0.3) is 11.5 Å². The summed E-state index contributed by atoms with van der Waals surface area (Å²) < 4.78 is 16.7. The summed E-state index contributed by atoms with van der Waals surface area (Å²) in [6.07, 6.45) is -0.288. The first-order valence-corrected chi connectivity index (χ1v) is 14.5. The maximum atomic E-state index is 12.9. The molecule has 1 N–H and O–H groups in total. The molecule has 2 amide bonds. The number of ether oxygens (including phenoxy) is 3. The molecule has 232 valence electrons. The molecule has 2 aromatic heterocycles. The Kier molecular flexibility index (Phi) is 9.35. The first kappa shape index (κ1) is 31.5. The highest BCUT2D eigenvalue weighted by Crippen LogP contribution is 2.41. The van der Waals surface area contributed by atoms with Gasteiger partial charge in [-0.05, 0) is 31.2 Å². The van der Waals surface area contributed by atoms with E-state index in [0.29, 0.717) is 33.0 Å². The molecule has 5 rings (SSSR count). The van der Waals surface area contributed by atoms with Crippen LogP contribution in [0, 0.1) is 0 Å². The molecule has 1 fully saturated rings. The van der Waals surface area contributed by atoms with Gasteiger partial charge < -0.3 is 19.5 Å². The number of amides is 2. The number of anilines is 1. The number of rotatable bonds is 9. The third-order valence-corrected chi connectivity index (χ3v) is 7.81. The van der Waals surface area contributed by atoms with E-state index in [1.165, 1.54) is 31.3 Å². The Morgan fingerprint density at radius 1 is 1.02 bits per heavy atom. The van der Waals surface area contributed by atoms with Crippen LogP contribution >= 0.6 is 23.2 Å². The van der Waals surface area contributed by atoms with Gasteiger partial charge in [-0.3, -0.25) is 14.5 Å². The fraction of sp³-hybridized carbons (Fsp3) is 0.226. The second-order valence-corrected chi connectivity index (χ2v) is 10.6. The first-order chi connectivity index (χ1) is 21.6. The molecule has 2 aromatic carbocycles. The first-order valence-electron chi connectivity index (χ1n) is 13.7. The molecule has 0 saturated carbocycles. The van der Waals surface area contributed by atoms with Crippen LogP contribution in [0.1, 0.15) is 22.8 Å². The summed E-state index contributed by atoms with van der Waals surface area (Å²) in [7, 11) is 2.91. The number of nitrogens with zero attached hydrogens (tertiary/aromatic N) is 4. The Labute approximate surface area is 267 Å². The topological polar surface area (TPSA) is 142 Å². The number of pyridine rings is 1. The van der Waals surface area contributed by atoms with Crippen LogP contribution in [0.25, 0.3) is 22.4 Å². The standard InChI is InChI=1S/C31H27Cl2N5O7/c1-4-44-30(41)24-16-38(31(42)45-24)15-17-11-12-22(36-28(17)43-3)20-9-5-7-18(25(20)32)19-8-6-10-23(26(19)33)35-27(39)21-13-14-34-37(2)29(21)40/h5-14,24H,4,15-16H2,1-3H3,(H,35,39)/t24-/m0/s1. The summed E-state index contributed by atoms with van der Waals surface area (Å²) in [5, 5.41) is 7.09. The molecule has 1 saturated heterocycles. The van der Waals surface area contributed by atoms with Crippen molar-refractivity contribution in [2.75, 3.05) is 25.6 Å². The molecule has 3 heterocycles. The number of cyclic esters (lactones) is 1. The van der Waals surface area contributed by atoms with Crippen LogP contribution in [0.15, 0.2) is 65.6 Å². The van der Waals surface area contributed by atoms with Crippen LogP contribution in [0.5, 0.6) is 5.88 Å². The van der Waals surface area contributed by atoms with Gasteiger partial charge in [0.1, 0.15) is 5.56 Å². The average molecular weight is 652 g/mol. The summed E-state index contributed by atoms with van der Waals surface area (Å²) in [6.45, 7) is 1.99. The average Bonchev–Trinajstić information content (AvgIpc) is 3.40. The summed E-state index contributed by atoms with van der Waals surface area (Å²) >= 11 is 13.7. The monoisotopic (exact) mass is 651 g/mol. The van der Waals surface area contributed by atoms with Gasteiger partial charge in [-0.2, -0.15) is 5.10 Å². The number of hydrogen-bond donors (Lipinski definition) is 1. The second-order valence-electron chi connectivity index (χ2n) is 9.83. The number of carbonyl (C=O) groups excluding carboxylic acids is 3. The van der Waals surface area contributed by atoms with Gasteiger partial charge in [-0.1, -0.05) is 53.5 Å². The zero-order chi connectivity index (χ0) is 32.2. The van der Waals surface area contributed by atoms with Crippen molar-refractivity contribution in [3.8, 4) is 28.3 Å². The van der Waals surface area contributed by atoms with E-state index in [0.717, 1.165) is 4.68 Å². The van der Waals surface area contributed by atoms with E-state index in [2.05, 4.69) is 15.4 Å². The van der Waals surface area contributed by atoms with Crippen molar-refractivity contribution in [3.05, 3.63) is 92.3 Å². The molecule has 4 aromatic rings. The SMILES string of the molecule is CCOC(=O)[C@@H]1CN(Cc2ccc(-c3cccc(-c4cccc(NC(=O)c5ccnn(C)c5=O)c4Cl)c3Cl)nc2OC)C(=O)O1. The van der Waals surface area contributed by atoms with Crippen molar-refractivity contribution in [3.63, 3.8) is 0 Å². The van der Waals surface area contributed by atoms with Crippen LogP contribution in [0.2, 0.25) is 10.0 Å². The Hall–Kier alpha value is -4.94. The summed E-state index contributed by atoms with van der Waals surface area (Å²) in [6, 6.07) is 15.2. The molecule has 0 radical (unpaired) electrons. The normalized spacial score (nSPS) is 14.2. The summed E-state index contributed by atoms with van der Waals surface area (Å²) in [5.41, 5.74) is 2.42. The molecule has 0 unspecified atom stereocenters. The molecule has 45 heavy (non-hydrogen) atoms. The van der Waals surface area contributed by atoms with Gasteiger partial charge in [0, 0.05) is 35.5 Å². The van der Waals surface area contributed by atoms with E-state index in [-0.39, 0.29) is 41.8 Å². The fourth-order valence-electron chi connectivity index (χ4n) is 4.76. The zero-order valence-corrected chi connectivity index (χ0v) is 25.9. The highest BCUT2D eigenvalue weighted by atomic mass is 35.5. The van der Waals surface area contributed by atoms with Crippen molar-refractivity contribution in [1.82, 2.24) is 19.7 Å². The quantitative estimate of drug-likeness (QED) is 0.248. The summed E-state index contributed by atoms with van der Waals surface area (Å²) in [5.74, 6) is -0.978. The van der Waals surface area contributed by atoms with E-state index < -0.39 is 29.6 Å². The zero-order valence-electron chi connectivity index (χ0n) is 24.4. The van der Waals surface area contributed by atoms with Crippen molar-refractivity contribution < 1.29 is 28.6 Å². The lowest BCUT2D eigenvalue weighted by Gasteiger charge is -2.17. The number of nitrogens with one attached hydrogen (secondary N) is 1. The van der Waals surface area contributed by atoms with Crippen molar-refractivity contribution >= 4 is 46.9 Å². The minimum atomic E-state index is -1.00. The van der Waals surface area contributed by atoms with E-state index in [1.54, 1.807) is 55.5 Å². The van der Waals surface area contributed by atoms with Crippen LogP contribution < -0.4 is 15.6 Å². The van der Waals surface area contributed by atoms with E-state index in [1.807, 2.05) is 0 Å². The van der Waals surface area contributed by atoms with E-state index in [4.69, 9.17) is 37.4 Å². The number of benzene rings is 2. The molecule has 1 aliphatic heterocycles. The molecule has 0 bridgehead atoms. The number of esters is 1. The predicted molar refractivity (Wildman–Crippen MR) is 166 cm³/mol. The highest BCUT2D eigenvalue weighted by molar-refractivity contribution is 6.39. The number of aromatic nitrogens is 3. The Balaban J connectivity index is 1.41. The predicted octanol–water partition coefficient (Wildman–Crippen LogP) is 4.96. The maximum absolute atomic E-state index is 12.9. The number of halogens is 2. The van der Waals surface area contributed by atoms with Crippen LogP contribution in [0.4, 0.5) is 10.5 Å². The third kappa shape index (κ3) is 6.47. The van der Waals surface area contributed by atoms with Crippen molar-refractivity contribution in [1.29, 1.82) is 0 Å². The van der Waals surface area contributed by atoms with Crippen LogP contribution in [-0.2, 0) is 27.9 Å². The van der Waals surface area contributed by atoms with Gasteiger partial charge >= 0.3 is 12.1 Å². The second kappa shape index (κ2) is 13.4. The molecule has 0 spiro atoms. The third-order valence-electron chi connectivity index (χ3n) is 6.99. The number of methoxy groups -OCH3 is 1. The Morgan fingerprint density at radius 3 is 2.47 bits per heavy atom. The van der Waals surface area contributed by atoms with Gasteiger partial charge in [-0.15, -0.1) is 0 Å². The lowest BCUT2D eigenvalue weighted by Crippen LogP contribution is -2.29. The minimum Gasteiger partial charge on any atom is -0.481 e. The van der Waals surface area contributed by atoms with E-state index in [9.17, 15) is 19.2 Å². The molecule has 0 aliphatic carbocycles. The van der Waals surface area contributed by atoms with Gasteiger partial charge in [-0.25, -0.2) is 19.3 Å². The molecule has 1 atom stereocenters. The number of aryl methyl sites for hydroxylation is 1. The van der Waals surface area contributed by atoms with Gasteiger partial charge in [0.2, 0.25) is 12.0 Å². The molecular weight excluding hydrogens is 625 g/mol. The maximum Gasteiger partial charge on any atom is 0.411 e. The lowest BCUT2D eigenvalue weighted by molar-refractivity contribution is -0.151. The fourth-order valence-corrected chi connectivity index (χ4v) is 5.36. The molecule has 1 aliphatic rings. The highest BCUT2D eigenvalue weighted by Gasteiger charge is 2.37. The summed E-state index contributed by atoms with van der Waals surface area (Å²) in [4.78, 5) is 55.6. The van der Waals surface area contributed by atoms with Crippen LogP contribution in [-0.4, -0.2) is 64.0 Å². The van der Waals surface area contributed by atoms with Crippen LogP contribution in [0.3, 0.4) is 0 Å². The van der Waals surface area contributed by atoms with Crippen molar-refractivity contribution in [2.24, 2.45) is 7.05 Å². The van der Waals surface area contributed by atoms with Crippen molar-refractivity contribution in [2.45, 2.75) is 19.6 Å². The number of hydrogen-bond acceptors (Lipinski definition) is 9. The number of carbonyl (C=O) groups is 3. The molecule has 14 heteroatoms. The van der Waals surface area contributed by atoms with Gasteiger partial charge in [0.05, 0.1) is 48.2 Å². The molecular formula is C31H27Cl2N5O7. The lowest BCUT2D eigenvalue weighted by atomic mass is 10.00. The molecule has 12 nitrogen and oxygen atoms in total. The minimum absolute atomic E-state index is 0.0376. The van der Waals surface area contributed by atoms with Gasteiger partial charge in [0.15, 0.2) is 0 Å². The Morgan fingerprint density at radius 2 is 1.73 bits per heavy atom. The largest absolute Gasteiger partial charge is 0.481 e.